The zero-order valence-electron chi connectivity index (χ0n) is 26.6. The van der Waals surface area contributed by atoms with Crippen LogP contribution in [0.2, 0.25) is 0 Å². The van der Waals surface area contributed by atoms with E-state index in [9.17, 15) is 52.4 Å². The molecule has 5 aromatic rings. The van der Waals surface area contributed by atoms with Crippen molar-refractivity contribution in [3.05, 3.63) is 78.4 Å². The lowest BCUT2D eigenvalue weighted by Crippen LogP contribution is -2.12. The number of nitrogen functional groups attached to an aromatic ring is 3. The van der Waals surface area contributed by atoms with Crippen molar-refractivity contribution in [3.8, 4) is 5.75 Å². The summed E-state index contributed by atoms with van der Waals surface area (Å²) in [5.74, 6) is -0.715. The van der Waals surface area contributed by atoms with Crippen molar-refractivity contribution in [1.29, 1.82) is 0 Å². The molecule has 0 aliphatic carbocycles. The second-order valence-electron chi connectivity index (χ2n) is 11.0. The molecule has 0 aliphatic heterocycles. The quantitative estimate of drug-likeness (QED) is 0.0524. The van der Waals surface area contributed by atoms with Crippen LogP contribution >= 0.6 is 0 Å². The fraction of sp³-hybridized carbons (Fsp3) is 0.0345. The van der Waals surface area contributed by atoms with Crippen LogP contribution < -0.4 is 21.9 Å². The maximum absolute atomic E-state index is 13.0. The van der Waals surface area contributed by atoms with Gasteiger partial charge in [0.2, 0.25) is 0 Å². The van der Waals surface area contributed by atoms with Gasteiger partial charge < -0.3 is 22.3 Å². The number of azo groups is 2. The van der Waals surface area contributed by atoms with Crippen LogP contribution in [0.1, 0.15) is 5.56 Å². The summed E-state index contributed by atoms with van der Waals surface area (Å²) >= 11 is 0. The third-order valence-corrected chi connectivity index (χ3v) is 11.5. The Morgan fingerprint density at radius 1 is 0.604 bits per heavy atom. The van der Waals surface area contributed by atoms with E-state index in [0.29, 0.717) is 0 Å². The molecule has 0 atom stereocenters. The summed E-state index contributed by atoms with van der Waals surface area (Å²) in [6, 6.07) is 13.9. The van der Waals surface area contributed by atoms with Crippen LogP contribution in [0, 0.1) is 6.92 Å². The Labute approximate surface area is 301 Å². The molecule has 5 rings (SSSR count). The fourth-order valence-corrected chi connectivity index (χ4v) is 7.93. The molecule has 0 radical (unpaired) electrons. The predicted molar refractivity (Wildman–Crippen MR) is 192 cm³/mol. The van der Waals surface area contributed by atoms with Crippen molar-refractivity contribution in [1.82, 2.24) is 0 Å². The van der Waals surface area contributed by atoms with Gasteiger partial charge in [-0.05, 0) is 85.1 Å². The zero-order valence-corrected chi connectivity index (χ0v) is 29.9. The first-order valence-electron chi connectivity index (χ1n) is 14.2. The Kier molecular flexibility index (Phi) is 9.91. The Morgan fingerprint density at radius 2 is 1.11 bits per heavy atom. The molecule has 0 fully saturated rings. The minimum Gasteiger partial charge on any atom is -0.507 e. The van der Waals surface area contributed by atoms with Crippen LogP contribution in [-0.4, -0.2) is 52.4 Å². The molecule has 0 saturated heterocycles. The number of hydrogen-bond acceptors (Lipinski definition) is 16. The summed E-state index contributed by atoms with van der Waals surface area (Å²) in [6.45, 7) is 1.16. The maximum Gasteiger partial charge on any atom is 0.296 e. The minimum absolute atomic E-state index is 0.00739. The number of hydrogen-bond donors (Lipinski definition) is 8. The van der Waals surface area contributed by atoms with E-state index in [1.54, 1.807) is 0 Å². The predicted octanol–water partition coefficient (Wildman–Crippen LogP) is 4.97. The van der Waals surface area contributed by atoms with Gasteiger partial charge in [0.05, 0.1) is 33.3 Å². The summed E-state index contributed by atoms with van der Waals surface area (Å²) in [6.07, 6.45) is 0. The highest BCUT2D eigenvalue weighted by molar-refractivity contribution is 7.92. The third-order valence-electron chi connectivity index (χ3n) is 7.38. The summed E-state index contributed by atoms with van der Waals surface area (Å²) in [4.78, 5) is -2.48. The second-order valence-corrected chi connectivity index (χ2v) is 16.9. The molecule has 0 unspecified atom stereocenters. The highest BCUT2D eigenvalue weighted by Crippen LogP contribution is 2.44. The number of aromatic hydroxyl groups is 1. The molecule has 278 valence electrons. The molecule has 0 spiro atoms. The van der Waals surface area contributed by atoms with Crippen molar-refractivity contribution in [3.63, 3.8) is 0 Å². The fourth-order valence-electron chi connectivity index (χ4n) is 4.82. The molecule has 0 bridgehead atoms. The molecule has 0 saturated carbocycles. The smallest absolute Gasteiger partial charge is 0.296 e. The van der Waals surface area contributed by atoms with E-state index in [-0.39, 0.29) is 55.4 Å². The Morgan fingerprint density at radius 3 is 1.66 bits per heavy atom. The van der Waals surface area contributed by atoms with Crippen molar-refractivity contribution >= 4 is 96.6 Å². The molecule has 0 heterocycles. The van der Waals surface area contributed by atoms with Crippen molar-refractivity contribution in [2.45, 2.75) is 26.5 Å². The molecular formula is C29H26N8O12S4. The van der Waals surface area contributed by atoms with E-state index in [1.807, 2.05) is 0 Å². The van der Waals surface area contributed by atoms with Crippen LogP contribution in [0.4, 0.5) is 45.5 Å². The van der Waals surface area contributed by atoms with Crippen LogP contribution in [0.25, 0.3) is 10.8 Å². The lowest BCUT2D eigenvalue weighted by molar-refractivity contribution is 0.466. The molecular weight excluding hydrogens is 781 g/mol. The number of nitrogens with one attached hydrogen (secondary N) is 1. The van der Waals surface area contributed by atoms with Crippen LogP contribution in [0.3, 0.4) is 0 Å². The molecule has 20 nitrogen and oxygen atoms in total. The van der Waals surface area contributed by atoms with E-state index >= 15 is 0 Å². The molecule has 11 N–H and O–H groups in total. The number of benzene rings is 5. The number of phenols is 1. The Bertz CT molecular complexity index is 2830. The van der Waals surface area contributed by atoms with Crippen molar-refractivity contribution in [2.75, 3.05) is 21.9 Å². The normalized spacial score (nSPS) is 12.9. The number of nitrogens with zero attached hydrogens (tertiary/aromatic N) is 4. The van der Waals surface area contributed by atoms with E-state index in [1.165, 1.54) is 36.4 Å². The number of fused-ring (bicyclic) bond motifs is 1. The standard InChI is InChI=1S/C29H26N8O12S4/c1-14-23(51(41,42)43)10-15-11-25(53(47,48)49)28(27(32)26(15)29(14)38)36-34-17-6-8-19(9-7-17)50(39,40)37-18-4-2-16(3-5-18)33-35-22-13-24(52(44,45)46)21(31)12-20(22)30/h2-13,37-38H,30-32H2,1H3,(H,41,42,43)(H,44,45,46)(H,47,48,49)/b35-33+,36-34+. The van der Waals surface area contributed by atoms with Gasteiger partial charge in [0, 0.05) is 16.6 Å². The molecule has 53 heavy (non-hydrogen) atoms. The van der Waals surface area contributed by atoms with Gasteiger partial charge >= 0.3 is 0 Å². The minimum atomic E-state index is -5.07. The first-order valence-corrected chi connectivity index (χ1v) is 20.0. The SMILES string of the molecule is Cc1c(S(=O)(=O)O)cc2cc(S(=O)(=O)O)c(/N=N/c3ccc(S(=O)(=O)Nc4ccc(/N=N/c5cc(S(=O)(=O)O)c(N)cc5N)cc4)cc3)c(N)c2c1O. The van der Waals surface area contributed by atoms with Gasteiger partial charge in [-0.15, -0.1) is 10.2 Å². The lowest BCUT2D eigenvalue weighted by Gasteiger charge is -2.14. The third kappa shape index (κ3) is 8.17. The average Bonchev–Trinajstić information content (AvgIpc) is 3.04. The van der Waals surface area contributed by atoms with Crippen molar-refractivity contribution in [2.24, 2.45) is 20.5 Å². The molecule has 0 aromatic heterocycles. The van der Waals surface area contributed by atoms with Crippen LogP contribution in [-0.2, 0) is 40.4 Å². The average molecular weight is 807 g/mol. The van der Waals surface area contributed by atoms with Gasteiger partial charge in [-0.2, -0.15) is 35.5 Å². The first-order chi connectivity index (χ1) is 24.5. The van der Waals surface area contributed by atoms with Gasteiger partial charge in [0.15, 0.2) is 0 Å². The largest absolute Gasteiger partial charge is 0.507 e. The number of anilines is 4. The topological polar surface area (TPSA) is 357 Å². The van der Waals surface area contributed by atoms with Gasteiger partial charge in [-0.3, -0.25) is 18.4 Å². The number of phenolic OH excluding ortho intramolecular Hbond substituents is 1. The van der Waals surface area contributed by atoms with Crippen LogP contribution in [0.15, 0.2) is 113 Å². The lowest BCUT2D eigenvalue weighted by atomic mass is 10.0. The Hall–Kier alpha value is -5.76. The highest BCUT2D eigenvalue weighted by atomic mass is 32.2. The number of sulfonamides is 1. The van der Waals surface area contributed by atoms with Gasteiger partial charge in [0.25, 0.3) is 40.4 Å². The van der Waals surface area contributed by atoms with Crippen LogP contribution in [0.5, 0.6) is 5.75 Å². The molecule has 5 aromatic carbocycles. The van der Waals surface area contributed by atoms with Gasteiger partial charge in [0.1, 0.15) is 31.8 Å². The summed E-state index contributed by atoms with van der Waals surface area (Å²) in [5.41, 5.74) is 15.9. The number of rotatable bonds is 10. The summed E-state index contributed by atoms with van der Waals surface area (Å²) in [5, 5.41) is 25.6. The molecule has 0 aliphatic rings. The zero-order chi connectivity index (χ0) is 39.3. The summed E-state index contributed by atoms with van der Waals surface area (Å²) < 4.78 is 128. The second kappa shape index (κ2) is 13.7. The van der Waals surface area contributed by atoms with E-state index in [2.05, 4.69) is 25.2 Å². The number of nitrogens with two attached hydrogens (primary N) is 3. The van der Waals surface area contributed by atoms with E-state index < -0.39 is 72.2 Å². The van der Waals surface area contributed by atoms with E-state index in [4.69, 9.17) is 17.2 Å². The maximum atomic E-state index is 13.0. The van der Waals surface area contributed by atoms with Gasteiger partial charge in [-0.25, -0.2) is 8.42 Å². The monoisotopic (exact) mass is 806 g/mol. The molecule has 0 amide bonds. The molecule has 24 heteroatoms. The van der Waals surface area contributed by atoms with E-state index in [0.717, 1.165) is 43.3 Å². The van der Waals surface area contributed by atoms with Crippen molar-refractivity contribution < 1.29 is 52.4 Å². The first kappa shape index (κ1) is 38.5. The highest BCUT2D eigenvalue weighted by Gasteiger charge is 2.26. The Balaban J connectivity index is 1.37. The summed E-state index contributed by atoms with van der Waals surface area (Å²) in [7, 11) is -18.8. The van der Waals surface area contributed by atoms with Gasteiger partial charge in [-0.1, -0.05) is 0 Å².